The van der Waals surface area contributed by atoms with Crippen molar-refractivity contribution in [3.05, 3.63) is 29.6 Å². The second-order valence-corrected chi connectivity index (χ2v) is 4.21. The van der Waals surface area contributed by atoms with E-state index in [1.54, 1.807) is 12.1 Å². The van der Waals surface area contributed by atoms with Crippen LogP contribution in [0.2, 0.25) is 0 Å². The number of rotatable bonds is 0. The van der Waals surface area contributed by atoms with Crippen LogP contribution in [0.5, 0.6) is 5.75 Å². The predicted molar refractivity (Wildman–Crippen MR) is 50.8 cm³/mol. The van der Waals surface area contributed by atoms with E-state index >= 15 is 0 Å². The molecule has 0 saturated heterocycles. The molecule has 0 radical (unpaired) electrons. The summed E-state index contributed by atoms with van der Waals surface area (Å²) >= 11 is 0. The second kappa shape index (κ2) is 2.48. The summed E-state index contributed by atoms with van der Waals surface area (Å²) in [6, 6.07) is 4.90. The Hall–Kier alpha value is -1.09. The summed E-state index contributed by atoms with van der Waals surface area (Å²) in [6.07, 6.45) is 1.89. The van der Waals surface area contributed by atoms with Crippen molar-refractivity contribution in [1.29, 1.82) is 0 Å². The number of fused-ring (bicyclic) bond motifs is 2. The van der Waals surface area contributed by atoms with Gasteiger partial charge >= 0.3 is 0 Å². The smallest absolute Gasteiger partial charge is 0.123 e. The van der Waals surface area contributed by atoms with Crippen molar-refractivity contribution in [2.75, 3.05) is 6.61 Å². The zero-order chi connectivity index (χ0) is 9.76. The molecule has 2 nitrogen and oxygen atoms in total. The largest absolute Gasteiger partial charge is 0.493 e. The molecule has 1 aliphatic heterocycles. The van der Waals surface area contributed by atoms with Crippen LogP contribution in [0.25, 0.3) is 0 Å². The first kappa shape index (κ1) is 8.24. The summed E-state index contributed by atoms with van der Waals surface area (Å²) in [6.45, 7) is 0.701. The van der Waals surface area contributed by atoms with Crippen LogP contribution in [-0.2, 0) is 5.41 Å². The van der Waals surface area contributed by atoms with E-state index in [1.807, 2.05) is 0 Å². The zero-order valence-corrected chi connectivity index (χ0v) is 7.79. The van der Waals surface area contributed by atoms with Crippen molar-refractivity contribution in [2.45, 2.75) is 24.3 Å². The van der Waals surface area contributed by atoms with Gasteiger partial charge in [-0.3, -0.25) is 0 Å². The molecular weight excluding hydrogens is 181 g/mol. The van der Waals surface area contributed by atoms with Crippen molar-refractivity contribution in [1.82, 2.24) is 0 Å². The highest BCUT2D eigenvalue weighted by molar-refractivity contribution is 5.47. The van der Waals surface area contributed by atoms with Gasteiger partial charge in [-0.05, 0) is 31.0 Å². The minimum atomic E-state index is -0.201. The minimum absolute atomic E-state index is 0.0235. The molecule has 1 spiro atoms. The van der Waals surface area contributed by atoms with Gasteiger partial charge < -0.3 is 10.5 Å². The quantitative estimate of drug-likeness (QED) is 0.679. The average molecular weight is 193 g/mol. The lowest BCUT2D eigenvalue weighted by Crippen LogP contribution is -2.26. The SMILES string of the molecule is NC1CC12CCOc1ccc(F)cc12. The molecule has 1 fully saturated rings. The molecule has 1 aromatic rings. The van der Waals surface area contributed by atoms with Gasteiger partial charge in [0.25, 0.3) is 0 Å². The van der Waals surface area contributed by atoms with E-state index in [0.717, 1.165) is 24.2 Å². The molecule has 1 aromatic carbocycles. The highest BCUT2D eigenvalue weighted by Crippen LogP contribution is 2.54. The lowest BCUT2D eigenvalue weighted by atomic mass is 9.89. The monoisotopic (exact) mass is 193 g/mol. The molecule has 3 rings (SSSR count). The summed E-state index contributed by atoms with van der Waals surface area (Å²) in [5, 5.41) is 0. The van der Waals surface area contributed by atoms with Crippen molar-refractivity contribution in [3.63, 3.8) is 0 Å². The van der Waals surface area contributed by atoms with Gasteiger partial charge in [-0.1, -0.05) is 0 Å². The Kier molecular flexibility index (Phi) is 1.46. The first-order chi connectivity index (χ1) is 6.72. The van der Waals surface area contributed by atoms with Gasteiger partial charge in [0.2, 0.25) is 0 Å². The molecule has 0 bridgehead atoms. The van der Waals surface area contributed by atoms with Crippen LogP contribution in [0.3, 0.4) is 0 Å². The summed E-state index contributed by atoms with van der Waals surface area (Å²) in [7, 11) is 0. The van der Waals surface area contributed by atoms with Gasteiger partial charge in [0.05, 0.1) is 6.61 Å². The van der Waals surface area contributed by atoms with E-state index in [-0.39, 0.29) is 17.3 Å². The Morgan fingerprint density at radius 3 is 3.00 bits per heavy atom. The third-order valence-corrected chi connectivity index (χ3v) is 3.42. The van der Waals surface area contributed by atoms with Crippen LogP contribution in [0.15, 0.2) is 18.2 Å². The summed E-state index contributed by atoms with van der Waals surface area (Å²) < 4.78 is 18.6. The molecule has 1 aliphatic carbocycles. The maximum absolute atomic E-state index is 13.1. The van der Waals surface area contributed by atoms with Gasteiger partial charge in [-0.25, -0.2) is 4.39 Å². The van der Waals surface area contributed by atoms with E-state index in [4.69, 9.17) is 10.5 Å². The predicted octanol–water partition coefficient (Wildman–Crippen LogP) is 1.58. The Morgan fingerprint density at radius 1 is 1.50 bits per heavy atom. The van der Waals surface area contributed by atoms with E-state index < -0.39 is 0 Å². The third-order valence-electron chi connectivity index (χ3n) is 3.42. The average Bonchev–Trinajstić information content (AvgIpc) is 2.80. The van der Waals surface area contributed by atoms with Gasteiger partial charge in [-0.2, -0.15) is 0 Å². The molecule has 1 heterocycles. The van der Waals surface area contributed by atoms with E-state index in [2.05, 4.69) is 0 Å². The fraction of sp³-hybridized carbons (Fsp3) is 0.455. The summed E-state index contributed by atoms with van der Waals surface area (Å²) in [5.74, 6) is 0.610. The van der Waals surface area contributed by atoms with E-state index in [9.17, 15) is 4.39 Å². The lowest BCUT2D eigenvalue weighted by Gasteiger charge is -2.26. The standard InChI is InChI=1S/C11H12FNO/c12-7-1-2-9-8(5-7)11(3-4-14-9)6-10(11)13/h1-2,5,10H,3-4,6,13H2. The number of benzene rings is 1. The second-order valence-electron chi connectivity index (χ2n) is 4.21. The normalized spacial score (nSPS) is 33.7. The topological polar surface area (TPSA) is 35.2 Å². The van der Waals surface area contributed by atoms with Gasteiger partial charge in [-0.15, -0.1) is 0 Å². The molecule has 2 atom stereocenters. The van der Waals surface area contributed by atoms with Gasteiger partial charge in [0, 0.05) is 17.0 Å². The van der Waals surface area contributed by atoms with Crippen molar-refractivity contribution < 1.29 is 9.13 Å². The Morgan fingerprint density at radius 2 is 2.29 bits per heavy atom. The van der Waals surface area contributed by atoms with Crippen LogP contribution in [0.1, 0.15) is 18.4 Å². The zero-order valence-electron chi connectivity index (χ0n) is 7.79. The molecule has 0 amide bonds. The number of ether oxygens (including phenoxy) is 1. The Labute approximate surface area is 81.9 Å². The Bertz CT molecular complexity index is 393. The highest BCUT2D eigenvalue weighted by atomic mass is 19.1. The molecule has 2 aliphatic rings. The lowest BCUT2D eigenvalue weighted by molar-refractivity contribution is 0.257. The fourth-order valence-electron chi connectivity index (χ4n) is 2.43. The van der Waals surface area contributed by atoms with Crippen LogP contribution >= 0.6 is 0 Å². The van der Waals surface area contributed by atoms with Crippen molar-refractivity contribution >= 4 is 0 Å². The molecule has 3 heteroatoms. The van der Waals surface area contributed by atoms with Crippen LogP contribution in [0, 0.1) is 5.82 Å². The molecule has 1 saturated carbocycles. The molecule has 74 valence electrons. The first-order valence-electron chi connectivity index (χ1n) is 4.91. The van der Waals surface area contributed by atoms with E-state index in [1.165, 1.54) is 6.07 Å². The van der Waals surface area contributed by atoms with E-state index in [0.29, 0.717) is 6.61 Å². The van der Waals surface area contributed by atoms with Crippen molar-refractivity contribution in [3.8, 4) is 5.75 Å². The number of hydrogen-bond donors (Lipinski definition) is 1. The third kappa shape index (κ3) is 0.932. The maximum atomic E-state index is 13.1. The summed E-state index contributed by atoms with van der Waals surface area (Å²) in [5.41, 5.74) is 6.91. The molecule has 2 N–H and O–H groups in total. The minimum Gasteiger partial charge on any atom is -0.493 e. The fourth-order valence-corrected chi connectivity index (χ4v) is 2.43. The molecular formula is C11H12FNO. The number of nitrogens with two attached hydrogens (primary N) is 1. The highest BCUT2D eigenvalue weighted by Gasteiger charge is 2.55. The van der Waals surface area contributed by atoms with Crippen LogP contribution in [0.4, 0.5) is 4.39 Å². The van der Waals surface area contributed by atoms with Crippen molar-refractivity contribution in [2.24, 2.45) is 5.73 Å². The van der Waals surface area contributed by atoms with Gasteiger partial charge in [0.15, 0.2) is 0 Å². The number of hydrogen-bond acceptors (Lipinski definition) is 2. The Balaban J connectivity index is 2.14. The number of halogens is 1. The molecule has 0 aromatic heterocycles. The molecule has 2 unspecified atom stereocenters. The van der Waals surface area contributed by atoms with Crippen LogP contribution in [-0.4, -0.2) is 12.6 Å². The first-order valence-corrected chi connectivity index (χ1v) is 4.91. The molecule has 14 heavy (non-hydrogen) atoms. The maximum Gasteiger partial charge on any atom is 0.123 e. The van der Waals surface area contributed by atoms with Crippen LogP contribution < -0.4 is 10.5 Å². The van der Waals surface area contributed by atoms with Gasteiger partial charge in [0.1, 0.15) is 11.6 Å². The summed E-state index contributed by atoms with van der Waals surface area (Å²) in [4.78, 5) is 0.